The number of oxazole rings is 1. The Labute approximate surface area is 80.4 Å². The van der Waals surface area contributed by atoms with Crippen molar-refractivity contribution in [2.24, 2.45) is 0 Å². The zero-order chi connectivity index (χ0) is 9.68. The first-order valence-corrected chi connectivity index (χ1v) is 5.20. The van der Waals surface area contributed by atoms with E-state index in [0.29, 0.717) is 5.92 Å². The molecule has 2 heteroatoms. The highest BCUT2D eigenvalue weighted by molar-refractivity contribution is 4.98. The molecule has 0 aromatic carbocycles. The van der Waals surface area contributed by atoms with Crippen LogP contribution in [0.4, 0.5) is 0 Å². The predicted molar refractivity (Wildman–Crippen MR) is 53.8 cm³/mol. The fourth-order valence-electron chi connectivity index (χ4n) is 1.51. The van der Waals surface area contributed by atoms with Crippen LogP contribution in [-0.4, -0.2) is 4.98 Å². The first kappa shape index (κ1) is 10.3. The monoisotopic (exact) mass is 181 g/mol. The van der Waals surface area contributed by atoms with Gasteiger partial charge in [0.1, 0.15) is 6.26 Å². The van der Waals surface area contributed by atoms with Gasteiger partial charge in [-0.05, 0) is 19.8 Å². The van der Waals surface area contributed by atoms with E-state index in [-0.39, 0.29) is 0 Å². The van der Waals surface area contributed by atoms with Crippen molar-refractivity contribution in [1.82, 2.24) is 4.98 Å². The van der Waals surface area contributed by atoms with Gasteiger partial charge in [0.15, 0.2) is 5.89 Å². The van der Waals surface area contributed by atoms with Gasteiger partial charge in [-0.25, -0.2) is 4.98 Å². The number of unbranched alkanes of at least 4 members (excludes halogenated alkanes) is 1. The molecule has 0 fully saturated rings. The molecular weight excluding hydrogens is 162 g/mol. The maximum Gasteiger partial charge on any atom is 0.197 e. The SMILES string of the molecule is CCCCC(CC)c1nc(C)co1. The second-order valence-corrected chi connectivity index (χ2v) is 3.57. The summed E-state index contributed by atoms with van der Waals surface area (Å²) in [6.45, 7) is 6.38. The van der Waals surface area contributed by atoms with Crippen molar-refractivity contribution in [2.45, 2.75) is 52.4 Å². The largest absolute Gasteiger partial charge is 0.448 e. The molecule has 1 heterocycles. The number of aryl methyl sites for hydroxylation is 1. The molecule has 0 radical (unpaired) electrons. The molecule has 0 N–H and O–H groups in total. The third kappa shape index (κ3) is 2.87. The number of hydrogen-bond donors (Lipinski definition) is 0. The minimum Gasteiger partial charge on any atom is -0.448 e. The second kappa shape index (κ2) is 5.05. The number of nitrogens with zero attached hydrogens (tertiary/aromatic N) is 1. The van der Waals surface area contributed by atoms with Crippen LogP contribution < -0.4 is 0 Å². The van der Waals surface area contributed by atoms with Crippen molar-refractivity contribution in [3.63, 3.8) is 0 Å². The van der Waals surface area contributed by atoms with Gasteiger partial charge in [0, 0.05) is 5.92 Å². The number of aromatic nitrogens is 1. The molecule has 1 aromatic heterocycles. The lowest BCUT2D eigenvalue weighted by molar-refractivity contribution is 0.416. The molecule has 0 aliphatic heterocycles. The summed E-state index contributed by atoms with van der Waals surface area (Å²) in [5, 5.41) is 0. The van der Waals surface area contributed by atoms with Crippen molar-refractivity contribution in [3.05, 3.63) is 17.8 Å². The summed E-state index contributed by atoms with van der Waals surface area (Å²) < 4.78 is 5.40. The molecule has 0 spiro atoms. The summed E-state index contributed by atoms with van der Waals surface area (Å²) in [5.74, 6) is 1.45. The van der Waals surface area contributed by atoms with Crippen molar-refractivity contribution in [2.75, 3.05) is 0 Å². The average molecular weight is 181 g/mol. The van der Waals surface area contributed by atoms with E-state index in [1.807, 2.05) is 6.92 Å². The summed E-state index contributed by atoms with van der Waals surface area (Å²) in [5.41, 5.74) is 0.991. The molecule has 0 aliphatic rings. The minimum absolute atomic E-state index is 0.522. The molecule has 13 heavy (non-hydrogen) atoms. The average Bonchev–Trinajstić information content (AvgIpc) is 2.54. The van der Waals surface area contributed by atoms with Crippen molar-refractivity contribution < 1.29 is 4.42 Å². The van der Waals surface area contributed by atoms with Crippen LogP contribution in [0.15, 0.2) is 10.7 Å². The van der Waals surface area contributed by atoms with Gasteiger partial charge in [-0.15, -0.1) is 0 Å². The molecule has 1 rings (SSSR count). The van der Waals surface area contributed by atoms with Gasteiger partial charge in [0.05, 0.1) is 5.69 Å². The first-order chi connectivity index (χ1) is 6.27. The molecule has 0 bridgehead atoms. The Kier molecular flexibility index (Phi) is 4.00. The van der Waals surface area contributed by atoms with E-state index < -0.39 is 0 Å². The lowest BCUT2D eigenvalue weighted by Gasteiger charge is -2.08. The van der Waals surface area contributed by atoms with E-state index >= 15 is 0 Å². The smallest absolute Gasteiger partial charge is 0.197 e. The molecule has 0 saturated carbocycles. The summed E-state index contributed by atoms with van der Waals surface area (Å²) in [4.78, 5) is 4.37. The fraction of sp³-hybridized carbons (Fsp3) is 0.727. The van der Waals surface area contributed by atoms with E-state index in [9.17, 15) is 0 Å². The molecule has 0 amide bonds. The van der Waals surface area contributed by atoms with E-state index in [4.69, 9.17) is 4.42 Å². The molecule has 1 unspecified atom stereocenters. The Morgan fingerprint density at radius 2 is 2.23 bits per heavy atom. The maximum absolute atomic E-state index is 5.40. The minimum atomic E-state index is 0.522. The highest BCUT2D eigenvalue weighted by atomic mass is 16.3. The topological polar surface area (TPSA) is 26.0 Å². The first-order valence-electron chi connectivity index (χ1n) is 5.20. The van der Waals surface area contributed by atoms with Gasteiger partial charge >= 0.3 is 0 Å². The van der Waals surface area contributed by atoms with Gasteiger partial charge in [-0.2, -0.15) is 0 Å². The van der Waals surface area contributed by atoms with Gasteiger partial charge in [0.25, 0.3) is 0 Å². The van der Waals surface area contributed by atoms with E-state index in [2.05, 4.69) is 18.8 Å². The zero-order valence-electron chi connectivity index (χ0n) is 8.84. The molecule has 1 aromatic rings. The summed E-state index contributed by atoms with van der Waals surface area (Å²) >= 11 is 0. The third-order valence-electron chi connectivity index (χ3n) is 2.38. The summed E-state index contributed by atoms with van der Waals surface area (Å²) in [6.07, 6.45) is 6.58. The lowest BCUT2D eigenvalue weighted by Crippen LogP contribution is -1.97. The van der Waals surface area contributed by atoms with Crippen LogP contribution in [0.2, 0.25) is 0 Å². The lowest BCUT2D eigenvalue weighted by atomic mass is 9.99. The molecule has 0 aliphatic carbocycles. The highest BCUT2D eigenvalue weighted by Gasteiger charge is 2.13. The Hall–Kier alpha value is -0.790. The summed E-state index contributed by atoms with van der Waals surface area (Å²) in [7, 11) is 0. The number of rotatable bonds is 5. The van der Waals surface area contributed by atoms with Gasteiger partial charge in [-0.1, -0.05) is 26.7 Å². The van der Waals surface area contributed by atoms with Crippen LogP contribution >= 0.6 is 0 Å². The Morgan fingerprint density at radius 3 is 2.69 bits per heavy atom. The molecule has 0 saturated heterocycles. The van der Waals surface area contributed by atoms with Crippen LogP contribution in [0.25, 0.3) is 0 Å². The maximum atomic E-state index is 5.40. The van der Waals surface area contributed by atoms with Crippen molar-refractivity contribution in [1.29, 1.82) is 0 Å². The summed E-state index contributed by atoms with van der Waals surface area (Å²) in [6, 6.07) is 0. The molecular formula is C11H19NO. The fourth-order valence-corrected chi connectivity index (χ4v) is 1.51. The Morgan fingerprint density at radius 1 is 1.46 bits per heavy atom. The van der Waals surface area contributed by atoms with E-state index in [1.54, 1.807) is 6.26 Å². The van der Waals surface area contributed by atoms with Crippen LogP contribution in [0.3, 0.4) is 0 Å². The highest BCUT2D eigenvalue weighted by Crippen LogP contribution is 2.24. The second-order valence-electron chi connectivity index (χ2n) is 3.57. The van der Waals surface area contributed by atoms with Crippen LogP contribution in [0.5, 0.6) is 0 Å². The van der Waals surface area contributed by atoms with E-state index in [0.717, 1.165) is 18.0 Å². The zero-order valence-corrected chi connectivity index (χ0v) is 8.84. The van der Waals surface area contributed by atoms with Gasteiger partial charge in [-0.3, -0.25) is 0 Å². The predicted octanol–water partition coefficient (Wildman–Crippen LogP) is 3.67. The molecule has 1 atom stereocenters. The molecule has 74 valence electrons. The van der Waals surface area contributed by atoms with E-state index in [1.165, 1.54) is 19.3 Å². The van der Waals surface area contributed by atoms with Gasteiger partial charge < -0.3 is 4.42 Å². The third-order valence-corrected chi connectivity index (χ3v) is 2.38. The van der Waals surface area contributed by atoms with Crippen LogP contribution in [-0.2, 0) is 0 Å². The Bertz CT molecular complexity index is 242. The van der Waals surface area contributed by atoms with Crippen molar-refractivity contribution in [3.8, 4) is 0 Å². The van der Waals surface area contributed by atoms with Crippen LogP contribution in [0, 0.1) is 6.92 Å². The van der Waals surface area contributed by atoms with Crippen LogP contribution in [0.1, 0.15) is 57.0 Å². The van der Waals surface area contributed by atoms with Crippen molar-refractivity contribution >= 4 is 0 Å². The van der Waals surface area contributed by atoms with Gasteiger partial charge in [0.2, 0.25) is 0 Å². The standard InChI is InChI=1S/C11H19NO/c1-4-6-7-10(5-2)11-12-9(3)8-13-11/h8,10H,4-7H2,1-3H3. The Balaban J connectivity index is 2.56. The quantitative estimate of drug-likeness (QED) is 0.692. The normalized spacial score (nSPS) is 13.2. The molecule has 2 nitrogen and oxygen atoms in total. The number of hydrogen-bond acceptors (Lipinski definition) is 2.